The van der Waals surface area contributed by atoms with Gasteiger partial charge in [0, 0.05) is 12.6 Å². The van der Waals surface area contributed by atoms with E-state index in [1.54, 1.807) is 12.1 Å². The van der Waals surface area contributed by atoms with Gasteiger partial charge in [0.1, 0.15) is 5.82 Å². The summed E-state index contributed by atoms with van der Waals surface area (Å²) < 4.78 is 12.9. The van der Waals surface area contributed by atoms with Crippen LogP contribution in [0.4, 0.5) is 4.39 Å². The van der Waals surface area contributed by atoms with E-state index in [2.05, 4.69) is 24.5 Å². The van der Waals surface area contributed by atoms with Crippen molar-refractivity contribution >= 4 is 11.6 Å². The highest BCUT2D eigenvalue weighted by atomic mass is 35.5. The van der Waals surface area contributed by atoms with Crippen LogP contribution < -0.4 is 10.6 Å². The van der Waals surface area contributed by atoms with E-state index in [1.165, 1.54) is 6.07 Å². The molecule has 0 aliphatic carbocycles. The van der Waals surface area contributed by atoms with Gasteiger partial charge >= 0.3 is 0 Å². The van der Waals surface area contributed by atoms with Gasteiger partial charge in [-0.15, -0.1) is 0 Å². The molecule has 0 bridgehead atoms. The minimum atomic E-state index is -0.364. The standard InChI is InChI=1S/C13H20ClFN2/c1-10(2)17-7-3-6-16-9-11-4-5-13(15)12(14)8-11/h4-5,8,10,16-17H,3,6-7,9H2,1-2H3. The first-order chi connectivity index (χ1) is 8.09. The maximum Gasteiger partial charge on any atom is 0.141 e. The maximum atomic E-state index is 12.9. The monoisotopic (exact) mass is 258 g/mol. The minimum Gasteiger partial charge on any atom is -0.314 e. The van der Waals surface area contributed by atoms with Crippen molar-refractivity contribution in [3.63, 3.8) is 0 Å². The van der Waals surface area contributed by atoms with Gasteiger partial charge < -0.3 is 10.6 Å². The van der Waals surface area contributed by atoms with E-state index in [4.69, 9.17) is 11.6 Å². The van der Waals surface area contributed by atoms with Crippen molar-refractivity contribution in [1.82, 2.24) is 10.6 Å². The lowest BCUT2D eigenvalue weighted by Gasteiger charge is -2.08. The Hall–Kier alpha value is -0.640. The van der Waals surface area contributed by atoms with Gasteiger partial charge in [-0.05, 0) is 37.2 Å². The summed E-state index contributed by atoms with van der Waals surface area (Å²) in [7, 11) is 0. The Morgan fingerprint density at radius 1 is 1.29 bits per heavy atom. The third-order valence-corrected chi connectivity index (χ3v) is 2.69. The second kappa shape index (κ2) is 7.64. The lowest BCUT2D eigenvalue weighted by atomic mass is 10.2. The summed E-state index contributed by atoms with van der Waals surface area (Å²) in [6.45, 7) is 6.94. The molecule has 4 heteroatoms. The summed E-state index contributed by atoms with van der Waals surface area (Å²) in [6.07, 6.45) is 1.08. The summed E-state index contributed by atoms with van der Waals surface area (Å²) in [5.41, 5.74) is 1.01. The Balaban J connectivity index is 2.16. The molecule has 1 aromatic carbocycles. The molecule has 1 aromatic rings. The predicted molar refractivity (Wildman–Crippen MR) is 70.9 cm³/mol. The molecule has 96 valence electrons. The van der Waals surface area contributed by atoms with Crippen LogP contribution in [0.25, 0.3) is 0 Å². The van der Waals surface area contributed by atoms with E-state index in [0.29, 0.717) is 6.04 Å². The molecule has 0 saturated carbocycles. The van der Waals surface area contributed by atoms with Crippen LogP contribution in [0, 0.1) is 5.82 Å². The Morgan fingerprint density at radius 3 is 2.71 bits per heavy atom. The van der Waals surface area contributed by atoms with Gasteiger partial charge in [0.25, 0.3) is 0 Å². The topological polar surface area (TPSA) is 24.1 Å². The largest absolute Gasteiger partial charge is 0.314 e. The van der Waals surface area contributed by atoms with Crippen LogP contribution in [0.5, 0.6) is 0 Å². The molecule has 0 aromatic heterocycles. The van der Waals surface area contributed by atoms with Gasteiger partial charge in [-0.2, -0.15) is 0 Å². The number of benzene rings is 1. The van der Waals surface area contributed by atoms with Gasteiger partial charge in [-0.1, -0.05) is 31.5 Å². The molecule has 1 rings (SSSR count). The van der Waals surface area contributed by atoms with Crippen LogP contribution in [0.1, 0.15) is 25.8 Å². The predicted octanol–water partition coefficient (Wildman–Crippen LogP) is 2.96. The molecule has 2 nitrogen and oxygen atoms in total. The zero-order chi connectivity index (χ0) is 12.7. The molecule has 0 fully saturated rings. The lowest BCUT2D eigenvalue weighted by molar-refractivity contribution is 0.547. The molecule has 0 radical (unpaired) electrons. The van der Waals surface area contributed by atoms with Gasteiger partial charge in [-0.3, -0.25) is 0 Å². The fourth-order valence-corrected chi connectivity index (χ4v) is 1.69. The number of halogens is 2. The van der Waals surface area contributed by atoms with Crippen LogP contribution in [-0.4, -0.2) is 19.1 Å². The van der Waals surface area contributed by atoms with Crippen LogP contribution in [0.3, 0.4) is 0 Å². The smallest absolute Gasteiger partial charge is 0.141 e. The number of nitrogens with one attached hydrogen (secondary N) is 2. The summed E-state index contributed by atoms with van der Waals surface area (Å²) in [5, 5.41) is 6.84. The van der Waals surface area contributed by atoms with E-state index < -0.39 is 0 Å². The minimum absolute atomic E-state index is 0.186. The zero-order valence-corrected chi connectivity index (χ0v) is 11.1. The van der Waals surface area contributed by atoms with Crippen molar-refractivity contribution in [3.8, 4) is 0 Å². The first kappa shape index (κ1) is 14.4. The molecule has 0 aliphatic heterocycles. The van der Waals surface area contributed by atoms with Crippen molar-refractivity contribution < 1.29 is 4.39 Å². The summed E-state index contributed by atoms with van der Waals surface area (Å²) >= 11 is 5.70. The summed E-state index contributed by atoms with van der Waals surface area (Å²) in [4.78, 5) is 0. The maximum absolute atomic E-state index is 12.9. The molecular formula is C13H20ClFN2. The molecule has 0 aliphatic rings. The van der Waals surface area contributed by atoms with Crippen LogP contribution in [-0.2, 0) is 6.54 Å². The average Bonchev–Trinajstić information content (AvgIpc) is 2.27. The molecule has 17 heavy (non-hydrogen) atoms. The third-order valence-electron chi connectivity index (χ3n) is 2.40. The van der Waals surface area contributed by atoms with Crippen molar-refractivity contribution in [1.29, 1.82) is 0 Å². The Kier molecular flexibility index (Phi) is 6.48. The van der Waals surface area contributed by atoms with Gasteiger partial charge in [0.2, 0.25) is 0 Å². The zero-order valence-electron chi connectivity index (χ0n) is 10.4. The van der Waals surface area contributed by atoms with Gasteiger partial charge in [0.05, 0.1) is 5.02 Å². The van der Waals surface area contributed by atoms with Gasteiger partial charge in [-0.25, -0.2) is 4.39 Å². The highest BCUT2D eigenvalue weighted by Crippen LogP contribution is 2.15. The highest BCUT2D eigenvalue weighted by molar-refractivity contribution is 6.30. The Bertz CT molecular complexity index is 342. The molecule has 0 heterocycles. The summed E-state index contributed by atoms with van der Waals surface area (Å²) in [5.74, 6) is -0.364. The van der Waals surface area contributed by atoms with Crippen LogP contribution in [0.15, 0.2) is 18.2 Å². The van der Waals surface area contributed by atoms with E-state index in [0.717, 1.165) is 31.6 Å². The first-order valence-electron chi connectivity index (χ1n) is 5.97. The molecule has 0 atom stereocenters. The SMILES string of the molecule is CC(C)NCCCNCc1ccc(F)c(Cl)c1. The summed E-state index contributed by atoms with van der Waals surface area (Å²) in [6, 6.07) is 5.35. The molecule has 0 spiro atoms. The van der Waals surface area contributed by atoms with Crippen LogP contribution >= 0.6 is 11.6 Å². The molecule has 0 amide bonds. The van der Waals surface area contributed by atoms with E-state index in [-0.39, 0.29) is 10.8 Å². The normalized spacial score (nSPS) is 11.1. The number of hydrogen-bond acceptors (Lipinski definition) is 2. The van der Waals surface area contributed by atoms with E-state index in [9.17, 15) is 4.39 Å². The fraction of sp³-hybridized carbons (Fsp3) is 0.538. The highest BCUT2D eigenvalue weighted by Gasteiger charge is 2.00. The first-order valence-corrected chi connectivity index (χ1v) is 6.35. The van der Waals surface area contributed by atoms with Crippen LogP contribution in [0.2, 0.25) is 5.02 Å². The second-order valence-corrected chi connectivity index (χ2v) is 4.79. The quantitative estimate of drug-likeness (QED) is 0.735. The number of rotatable bonds is 7. The second-order valence-electron chi connectivity index (χ2n) is 4.39. The van der Waals surface area contributed by atoms with Crippen molar-refractivity contribution in [2.75, 3.05) is 13.1 Å². The Morgan fingerprint density at radius 2 is 2.06 bits per heavy atom. The fourth-order valence-electron chi connectivity index (χ4n) is 1.49. The van der Waals surface area contributed by atoms with Crippen molar-refractivity contribution in [3.05, 3.63) is 34.6 Å². The third kappa shape index (κ3) is 6.01. The Labute approximate surface area is 108 Å². The molecule has 2 N–H and O–H groups in total. The van der Waals surface area contributed by atoms with E-state index >= 15 is 0 Å². The van der Waals surface area contributed by atoms with Crippen molar-refractivity contribution in [2.24, 2.45) is 0 Å². The average molecular weight is 259 g/mol. The molecule has 0 unspecified atom stereocenters. The molecule has 0 saturated heterocycles. The van der Waals surface area contributed by atoms with E-state index in [1.807, 2.05) is 0 Å². The number of hydrogen-bond donors (Lipinski definition) is 2. The lowest BCUT2D eigenvalue weighted by Crippen LogP contribution is -2.26. The van der Waals surface area contributed by atoms with Crippen molar-refractivity contribution in [2.45, 2.75) is 32.9 Å². The molecular weight excluding hydrogens is 239 g/mol. The van der Waals surface area contributed by atoms with Gasteiger partial charge in [0.15, 0.2) is 0 Å².